The number of aromatic nitrogens is 1. The first-order valence-corrected chi connectivity index (χ1v) is 9.40. The minimum atomic E-state index is -4.54. The smallest absolute Gasteiger partial charge is 0.323 e. The van der Waals surface area contributed by atoms with E-state index in [2.05, 4.69) is 10.3 Å². The summed E-state index contributed by atoms with van der Waals surface area (Å²) in [6.07, 6.45) is -2.93. The Hall–Kier alpha value is -2.51. The van der Waals surface area contributed by atoms with Crippen molar-refractivity contribution >= 4 is 35.0 Å². The molecule has 3 rings (SSSR count). The largest absolute Gasteiger partial charge is 0.416 e. The van der Waals surface area contributed by atoms with Crippen molar-refractivity contribution in [3.8, 4) is 0 Å². The molecule has 1 heterocycles. The molecule has 1 atom stereocenters. The Bertz CT molecular complexity index is 953. The molecule has 0 bridgehead atoms. The first-order chi connectivity index (χ1) is 13.3. The van der Waals surface area contributed by atoms with Crippen LogP contribution in [0.15, 0.2) is 78.0 Å². The lowest BCUT2D eigenvalue weighted by molar-refractivity contribution is -0.137. The third-order valence-electron chi connectivity index (χ3n) is 3.77. The van der Waals surface area contributed by atoms with Crippen molar-refractivity contribution in [2.24, 2.45) is 0 Å². The Balaban J connectivity index is 1.90. The molecule has 0 saturated heterocycles. The van der Waals surface area contributed by atoms with Crippen molar-refractivity contribution in [1.82, 2.24) is 4.98 Å². The molecular weight excluding hydrogens is 409 g/mol. The number of hydrogen-bond acceptors (Lipinski definition) is 3. The number of benzene rings is 2. The van der Waals surface area contributed by atoms with E-state index < -0.39 is 22.9 Å². The lowest BCUT2D eigenvalue weighted by Gasteiger charge is -2.18. The van der Waals surface area contributed by atoms with Gasteiger partial charge < -0.3 is 5.32 Å². The number of alkyl halides is 3. The standard InChI is InChI=1S/C20H14ClF3N2OS/c21-15-10-9-14(20(22,23)24)12-16(15)26-19(27)18(13-6-2-1-3-7-13)28-17-8-4-5-11-25-17/h1-12,18H,(H,26,27)/t18-/m1/s1. The fraction of sp³-hybridized carbons (Fsp3) is 0.100. The predicted molar refractivity (Wildman–Crippen MR) is 104 cm³/mol. The maximum Gasteiger partial charge on any atom is 0.416 e. The number of amides is 1. The van der Waals surface area contributed by atoms with Crippen molar-refractivity contribution in [2.75, 3.05) is 5.32 Å². The van der Waals surface area contributed by atoms with Gasteiger partial charge in [-0.15, -0.1) is 0 Å². The van der Waals surface area contributed by atoms with Crippen LogP contribution in [0.3, 0.4) is 0 Å². The van der Waals surface area contributed by atoms with Crippen molar-refractivity contribution in [3.05, 3.63) is 89.1 Å². The molecular formula is C20H14ClF3N2OS. The lowest BCUT2D eigenvalue weighted by Crippen LogP contribution is -2.20. The van der Waals surface area contributed by atoms with Crippen LogP contribution in [0.5, 0.6) is 0 Å². The Morgan fingerprint density at radius 1 is 1.04 bits per heavy atom. The summed E-state index contributed by atoms with van der Waals surface area (Å²) in [5.74, 6) is -0.497. The van der Waals surface area contributed by atoms with E-state index in [9.17, 15) is 18.0 Å². The Morgan fingerprint density at radius 3 is 2.39 bits per heavy atom. The Labute approximate surface area is 168 Å². The monoisotopic (exact) mass is 422 g/mol. The van der Waals surface area contributed by atoms with Crippen LogP contribution >= 0.6 is 23.4 Å². The third-order valence-corrected chi connectivity index (χ3v) is 5.30. The minimum absolute atomic E-state index is 0.0241. The van der Waals surface area contributed by atoms with E-state index in [1.165, 1.54) is 11.8 Å². The molecule has 0 saturated carbocycles. The van der Waals surface area contributed by atoms with Crippen LogP contribution in [0.1, 0.15) is 16.4 Å². The molecule has 8 heteroatoms. The van der Waals surface area contributed by atoms with Crippen molar-refractivity contribution in [1.29, 1.82) is 0 Å². The molecule has 3 aromatic rings. The average molecular weight is 423 g/mol. The first kappa shape index (κ1) is 20.2. The van der Waals surface area contributed by atoms with Gasteiger partial charge in [-0.2, -0.15) is 13.2 Å². The zero-order chi connectivity index (χ0) is 20.1. The molecule has 1 N–H and O–H groups in total. The van der Waals surface area contributed by atoms with Crippen LogP contribution in [0.2, 0.25) is 5.02 Å². The molecule has 0 spiro atoms. The molecule has 28 heavy (non-hydrogen) atoms. The average Bonchev–Trinajstić information content (AvgIpc) is 2.68. The van der Waals surface area contributed by atoms with Crippen molar-refractivity contribution in [3.63, 3.8) is 0 Å². The summed E-state index contributed by atoms with van der Waals surface area (Å²) in [4.78, 5) is 17.1. The lowest BCUT2D eigenvalue weighted by atomic mass is 10.1. The molecule has 3 nitrogen and oxygen atoms in total. The van der Waals surface area contributed by atoms with E-state index in [0.29, 0.717) is 10.6 Å². The molecule has 0 unspecified atom stereocenters. The first-order valence-electron chi connectivity index (χ1n) is 8.15. The highest BCUT2D eigenvalue weighted by Crippen LogP contribution is 2.37. The second-order valence-corrected chi connectivity index (χ2v) is 7.29. The van der Waals surface area contributed by atoms with Gasteiger partial charge in [-0.1, -0.05) is 59.8 Å². The topological polar surface area (TPSA) is 42.0 Å². The molecule has 0 aliphatic carbocycles. The summed E-state index contributed by atoms with van der Waals surface area (Å²) in [7, 11) is 0. The molecule has 0 radical (unpaired) electrons. The number of halogens is 4. The second kappa shape index (κ2) is 8.67. The zero-order valence-corrected chi connectivity index (χ0v) is 15.9. The Kier molecular flexibility index (Phi) is 6.26. The van der Waals surface area contributed by atoms with Gasteiger partial charge in [-0.3, -0.25) is 4.79 Å². The highest BCUT2D eigenvalue weighted by molar-refractivity contribution is 8.00. The van der Waals surface area contributed by atoms with E-state index in [1.807, 2.05) is 6.07 Å². The fourth-order valence-corrected chi connectivity index (χ4v) is 3.58. The van der Waals surface area contributed by atoms with Gasteiger partial charge in [0.2, 0.25) is 5.91 Å². The molecule has 144 valence electrons. The van der Waals surface area contributed by atoms with E-state index in [-0.39, 0.29) is 10.7 Å². The van der Waals surface area contributed by atoms with E-state index in [1.54, 1.807) is 48.7 Å². The van der Waals surface area contributed by atoms with Gasteiger partial charge in [0.25, 0.3) is 0 Å². The number of nitrogens with one attached hydrogen (secondary N) is 1. The summed E-state index contributed by atoms with van der Waals surface area (Å²) in [6, 6.07) is 17.0. The molecule has 0 aliphatic rings. The van der Waals surface area contributed by atoms with Crippen LogP contribution in [0, 0.1) is 0 Å². The number of carbonyl (C=O) groups is 1. The number of pyridine rings is 1. The molecule has 0 fully saturated rings. The summed E-state index contributed by atoms with van der Waals surface area (Å²) in [6.45, 7) is 0. The normalized spacial score (nSPS) is 12.4. The maximum absolute atomic E-state index is 13.0. The van der Waals surface area contributed by atoms with Crippen LogP contribution in [0.4, 0.5) is 18.9 Å². The predicted octanol–water partition coefficient (Wildman–Crippen LogP) is 6.23. The van der Waals surface area contributed by atoms with Crippen LogP contribution in [0.25, 0.3) is 0 Å². The minimum Gasteiger partial charge on any atom is -0.323 e. The molecule has 0 aliphatic heterocycles. The SMILES string of the molecule is O=C(Nc1cc(C(F)(F)F)ccc1Cl)[C@H](Sc1ccccn1)c1ccccc1. The second-order valence-electron chi connectivity index (χ2n) is 5.76. The summed E-state index contributed by atoms with van der Waals surface area (Å²) in [5, 5.41) is 2.44. The maximum atomic E-state index is 13.0. The van der Waals surface area contributed by atoms with Gasteiger partial charge in [0.05, 0.1) is 21.3 Å². The molecule has 1 amide bonds. The van der Waals surface area contributed by atoms with E-state index in [4.69, 9.17) is 11.6 Å². The fourth-order valence-electron chi connectivity index (χ4n) is 2.43. The van der Waals surface area contributed by atoms with Gasteiger partial charge in [0.1, 0.15) is 5.25 Å². The molecule has 1 aromatic heterocycles. The van der Waals surface area contributed by atoms with Gasteiger partial charge in [-0.25, -0.2) is 4.98 Å². The number of anilines is 1. The van der Waals surface area contributed by atoms with Crippen molar-refractivity contribution < 1.29 is 18.0 Å². The van der Waals surface area contributed by atoms with Crippen LogP contribution in [-0.4, -0.2) is 10.9 Å². The van der Waals surface area contributed by atoms with Crippen molar-refractivity contribution in [2.45, 2.75) is 16.5 Å². The summed E-state index contributed by atoms with van der Waals surface area (Å²) >= 11 is 7.20. The van der Waals surface area contributed by atoms with E-state index >= 15 is 0 Å². The van der Waals surface area contributed by atoms with Gasteiger partial charge in [0, 0.05) is 6.20 Å². The summed E-state index contributed by atoms with van der Waals surface area (Å²) < 4.78 is 38.9. The van der Waals surface area contributed by atoms with E-state index in [0.717, 1.165) is 18.2 Å². The van der Waals surface area contributed by atoms with Crippen LogP contribution < -0.4 is 5.32 Å². The Morgan fingerprint density at radius 2 is 1.75 bits per heavy atom. The number of thioether (sulfide) groups is 1. The zero-order valence-electron chi connectivity index (χ0n) is 14.3. The molecule has 2 aromatic carbocycles. The number of nitrogens with zero attached hydrogens (tertiary/aromatic N) is 1. The van der Waals surface area contributed by atoms with Gasteiger partial charge >= 0.3 is 6.18 Å². The number of hydrogen-bond donors (Lipinski definition) is 1. The quantitative estimate of drug-likeness (QED) is 0.496. The highest BCUT2D eigenvalue weighted by atomic mass is 35.5. The number of rotatable bonds is 5. The summed E-state index contributed by atoms with van der Waals surface area (Å²) in [5.41, 5.74) is -0.288. The highest BCUT2D eigenvalue weighted by Gasteiger charge is 2.31. The number of carbonyl (C=O) groups excluding carboxylic acids is 1. The van der Waals surface area contributed by atoms with Gasteiger partial charge in [-0.05, 0) is 35.9 Å². The van der Waals surface area contributed by atoms with Crippen LogP contribution in [-0.2, 0) is 11.0 Å². The third kappa shape index (κ3) is 5.05. The van der Waals surface area contributed by atoms with Gasteiger partial charge in [0.15, 0.2) is 0 Å².